The van der Waals surface area contributed by atoms with Crippen LogP contribution in [0.1, 0.15) is 52.4 Å². The summed E-state index contributed by atoms with van der Waals surface area (Å²) in [6.45, 7) is 5.64. The maximum atomic E-state index is 12.4. The minimum atomic E-state index is 0.238. The van der Waals surface area contributed by atoms with Crippen molar-refractivity contribution in [1.29, 1.82) is 0 Å². The van der Waals surface area contributed by atoms with Crippen LogP contribution in [-0.4, -0.2) is 29.9 Å². The zero-order chi connectivity index (χ0) is 12.0. The summed E-state index contributed by atoms with van der Waals surface area (Å²) in [5.41, 5.74) is 5.59. The third kappa shape index (κ3) is 3.78. The van der Waals surface area contributed by atoms with Crippen LogP contribution in [0.4, 0.5) is 0 Å². The quantitative estimate of drug-likeness (QED) is 0.689. The predicted molar refractivity (Wildman–Crippen MR) is 67.1 cm³/mol. The maximum Gasteiger partial charge on any atom is 0.225 e. The van der Waals surface area contributed by atoms with Crippen molar-refractivity contribution in [3.8, 4) is 0 Å². The molecule has 94 valence electrons. The zero-order valence-corrected chi connectivity index (χ0v) is 10.7. The highest BCUT2D eigenvalue weighted by Gasteiger charge is 2.34. The van der Waals surface area contributed by atoms with Gasteiger partial charge in [0.2, 0.25) is 5.91 Å². The van der Waals surface area contributed by atoms with Crippen LogP contribution in [0, 0.1) is 5.92 Å². The summed E-state index contributed by atoms with van der Waals surface area (Å²) in [6, 6.07) is 0.507. The molecule has 0 radical (unpaired) electrons. The Hall–Kier alpha value is -0.570. The van der Waals surface area contributed by atoms with Crippen molar-refractivity contribution in [2.75, 3.05) is 13.1 Å². The van der Waals surface area contributed by atoms with E-state index in [1.165, 1.54) is 12.8 Å². The molecule has 3 heteroatoms. The Kier molecular flexibility index (Phi) is 5.81. The SMILES string of the molecule is CCCC(CCC)C(=O)N(CCN)C1CC1. The van der Waals surface area contributed by atoms with Crippen LogP contribution in [0.15, 0.2) is 0 Å². The Morgan fingerprint density at radius 1 is 1.31 bits per heavy atom. The van der Waals surface area contributed by atoms with E-state index in [-0.39, 0.29) is 5.92 Å². The summed E-state index contributed by atoms with van der Waals surface area (Å²) in [6.07, 6.45) is 6.60. The molecule has 0 atom stereocenters. The smallest absolute Gasteiger partial charge is 0.225 e. The topological polar surface area (TPSA) is 46.3 Å². The molecule has 0 spiro atoms. The highest BCUT2D eigenvalue weighted by Crippen LogP contribution is 2.29. The van der Waals surface area contributed by atoms with Crippen LogP contribution in [-0.2, 0) is 4.79 Å². The molecule has 1 aliphatic carbocycles. The number of amides is 1. The lowest BCUT2D eigenvalue weighted by molar-refractivity contribution is -0.136. The van der Waals surface area contributed by atoms with Crippen molar-refractivity contribution < 1.29 is 4.79 Å². The number of hydrogen-bond acceptors (Lipinski definition) is 2. The zero-order valence-electron chi connectivity index (χ0n) is 10.7. The van der Waals surface area contributed by atoms with Gasteiger partial charge >= 0.3 is 0 Å². The Labute approximate surface area is 99.4 Å². The van der Waals surface area contributed by atoms with E-state index in [1.54, 1.807) is 0 Å². The summed E-state index contributed by atoms with van der Waals surface area (Å²) in [7, 11) is 0. The van der Waals surface area contributed by atoms with Crippen LogP contribution in [0.2, 0.25) is 0 Å². The van der Waals surface area contributed by atoms with E-state index in [2.05, 4.69) is 13.8 Å². The molecule has 0 aromatic heterocycles. The van der Waals surface area contributed by atoms with Crippen molar-refractivity contribution >= 4 is 5.91 Å². The van der Waals surface area contributed by atoms with E-state index in [9.17, 15) is 4.79 Å². The standard InChI is InChI=1S/C13H26N2O/c1-3-5-11(6-4-2)13(16)15(10-9-14)12-7-8-12/h11-12H,3-10,14H2,1-2H3. The molecule has 0 aromatic rings. The lowest BCUT2D eigenvalue weighted by atomic mass is 9.96. The number of carbonyl (C=O) groups excluding carboxylic acids is 1. The molecule has 1 aliphatic rings. The van der Waals surface area contributed by atoms with Gasteiger partial charge in [-0.05, 0) is 25.7 Å². The van der Waals surface area contributed by atoms with Gasteiger partial charge < -0.3 is 10.6 Å². The minimum absolute atomic E-state index is 0.238. The molecule has 0 saturated heterocycles. The van der Waals surface area contributed by atoms with Gasteiger partial charge in [-0.25, -0.2) is 0 Å². The number of rotatable bonds is 8. The van der Waals surface area contributed by atoms with Crippen molar-refractivity contribution in [1.82, 2.24) is 4.90 Å². The average Bonchev–Trinajstić information content (AvgIpc) is 3.08. The Bertz CT molecular complexity index is 208. The lowest BCUT2D eigenvalue weighted by Gasteiger charge is -2.26. The molecular formula is C13H26N2O. The first-order valence-electron chi connectivity index (χ1n) is 6.75. The highest BCUT2D eigenvalue weighted by molar-refractivity contribution is 5.79. The van der Waals surface area contributed by atoms with E-state index in [1.807, 2.05) is 4.90 Å². The summed E-state index contributed by atoms with van der Waals surface area (Å²) in [4.78, 5) is 14.4. The Morgan fingerprint density at radius 2 is 1.88 bits per heavy atom. The first-order valence-corrected chi connectivity index (χ1v) is 6.75. The van der Waals surface area contributed by atoms with Gasteiger partial charge in [0.05, 0.1) is 0 Å². The molecule has 0 aliphatic heterocycles. The van der Waals surface area contributed by atoms with Gasteiger partial charge in [-0.15, -0.1) is 0 Å². The first-order chi connectivity index (χ1) is 7.74. The van der Waals surface area contributed by atoms with Gasteiger partial charge in [-0.3, -0.25) is 4.79 Å². The fourth-order valence-electron chi connectivity index (χ4n) is 2.32. The number of nitrogens with zero attached hydrogens (tertiary/aromatic N) is 1. The number of carbonyl (C=O) groups is 1. The second-order valence-corrected chi connectivity index (χ2v) is 4.83. The lowest BCUT2D eigenvalue weighted by Crippen LogP contribution is -2.41. The third-order valence-electron chi connectivity index (χ3n) is 3.26. The minimum Gasteiger partial charge on any atom is -0.338 e. The molecule has 1 saturated carbocycles. The van der Waals surface area contributed by atoms with Gasteiger partial charge in [-0.1, -0.05) is 26.7 Å². The first kappa shape index (κ1) is 13.5. The summed E-state index contributed by atoms with van der Waals surface area (Å²) in [5.74, 6) is 0.596. The molecule has 0 heterocycles. The predicted octanol–water partition coefficient (Wildman–Crippen LogP) is 2.15. The third-order valence-corrected chi connectivity index (χ3v) is 3.26. The van der Waals surface area contributed by atoms with Crippen molar-refractivity contribution in [3.05, 3.63) is 0 Å². The largest absolute Gasteiger partial charge is 0.338 e. The average molecular weight is 226 g/mol. The maximum absolute atomic E-state index is 12.4. The molecule has 0 aromatic carbocycles. The van der Waals surface area contributed by atoms with E-state index < -0.39 is 0 Å². The van der Waals surface area contributed by atoms with Crippen LogP contribution >= 0.6 is 0 Å². The molecular weight excluding hydrogens is 200 g/mol. The van der Waals surface area contributed by atoms with Crippen LogP contribution in [0.25, 0.3) is 0 Å². The van der Waals surface area contributed by atoms with Crippen LogP contribution in [0.5, 0.6) is 0 Å². The molecule has 3 nitrogen and oxygen atoms in total. The van der Waals surface area contributed by atoms with Crippen LogP contribution in [0.3, 0.4) is 0 Å². The van der Waals surface area contributed by atoms with Crippen molar-refractivity contribution in [2.24, 2.45) is 11.7 Å². The number of hydrogen-bond donors (Lipinski definition) is 1. The van der Waals surface area contributed by atoms with Crippen molar-refractivity contribution in [3.63, 3.8) is 0 Å². The van der Waals surface area contributed by atoms with Gasteiger partial charge in [0, 0.05) is 25.0 Å². The van der Waals surface area contributed by atoms with Crippen LogP contribution < -0.4 is 5.73 Å². The molecule has 1 fully saturated rings. The molecule has 0 bridgehead atoms. The Morgan fingerprint density at radius 3 is 2.25 bits per heavy atom. The van der Waals surface area contributed by atoms with E-state index in [4.69, 9.17) is 5.73 Å². The second-order valence-electron chi connectivity index (χ2n) is 4.83. The monoisotopic (exact) mass is 226 g/mol. The number of nitrogens with two attached hydrogens (primary N) is 1. The second kappa shape index (κ2) is 6.89. The van der Waals surface area contributed by atoms with Gasteiger partial charge in [0.15, 0.2) is 0 Å². The van der Waals surface area contributed by atoms with E-state index in [0.29, 0.717) is 18.5 Å². The van der Waals surface area contributed by atoms with Gasteiger partial charge in [0.1, 0.15) is 0 Å². The summed E-state index contributed by atoms with van der Waals surface area (Å²) in [5, 5.41) is 0. The van der Waals surface area contributed by atoms with E-state index >= 15 is 0 Å². The van der Waals surface area contributed by atoms with Gasteiger partial charge in [-0.2, -0.15) is 0 Å². The highest BCUT2D eigenvalue weighted by atomic mass is 16.2. The van der Waals surface area contributed by atoms with Gasteiger partial charge in [0.25, 0.3) is 0 Å². The fourth-order valence-corrected chi connectivity index (χ4v) is 2.32. The van der Waals surface area contributed by atoms with Crippen molar-refractivity contribution in [2.45, 2.75) is 58.4 Å². The molecule has 1 rings (SSSR count). The summed E-state index contributed by atoms with van der Waals surface area (Å²) < 4.78 is 0. The molecule has 16 heavy (non-hydrogen) atoms. The summed E-state index contributed by atoms with van der Waals surface area (Å²) >= 11 is 0. The van der Waals surface area contributed by atoms with E-state index in [0.717, 1.165) is 32.2 Å². The normalized spacial score (nSPS) is 15.5. The fraction of sp³-hybridized carbons (Fsp3) is 0.923. The molecule has 2 N–H and O–H groups in total. The molecule has 0 unspecified atom stereocenters. The molecule has 1 amide bonds. The Balaban J connectivity index is 2.54.